The number of hydrogen-bond donors (Lipinski definition) is 2. The van der Waals surface area contributed by atoms with E-state index in [1.54, 1.807) is 20.8 Å². The molecule has 1 aromatic carbocycles. The summed E-state index contributed by atoms with van der Waals surface area (Å²) < 4.78 is 5.15. The maximum atomic E-state index is 11.9. The minimum atomic E-state index is -1.43. The van der Waals surface area contributed by atoms with E-state index in [2.05, 4.69) is 5.32 Å². The highest BCUT2D eigenvalue weighted by Gasteiger charge is 2.36. The maximum absolute atomic E-state index is 11.9. The Labute approximate surface area is 131 Å². The first-order chi connectivity index (χ1) is 9.93. The number of rotatable bonds is 4. The molecule has 0 heterocycles. The van der Waals surface area contributed by atoms with Gasteiger partial charge < -0.3 is 15.2 Å². The molecule has 1 atom stereocenters. The van der Waals surface area contributed by atoms with Crippen LogP contribution in [0.15, 0.2) is 18.2 Å². The second-order valence-corrected chi connectivity index (χ2v) is 6.86. The van der Waals surface area contributed by atoms with E-state index in [0.29, 0.717) is 0 Å². The van der Waals surface area contributed by atoms with Gasteiger partial charge in [-0.25, -0.2) is 9.59 Å². The standard InChI is InChI=1S/C17H25NO4/c1-11-7-8-13(9-12(11)2)10-17(6,14(19)20)18-15(21)22-16(3,4)5/h7-9H,10H2,1-6H3,(H,18,21)(H,19,20). The van der Waals surface area contributed by atoms with Crippen LogP contribution in [0.4, 0.5) is 4.79 Å². The smallest absolute Gasteiger partial charge is 0.408 e. The largest absolute Gasteiger partial charge is 0.480 e. The van der Waals surface area contributed by atoms with Gasteiger partial charge in [-0.15, -0.1) is 0 Å². The second-order valence-electron chi connectivity index (χ2n) is 6.86. The van der Waals surface area contributed by atoms with Crippen molar-refractivity contribution in [2.24, 2.45) is 0 Å². The number of aliphatic carboxylic acids is 1. The summed E-state index contributed by atoms with van der Waals surface area (Å²) in [5.41, 5.74) is 0.973. The lowest BCUT2D eigenvalue weighted by Gasteiger charge is -2.28. The topological polar surface area (TPSA) is 75.6 Å². The van der Waals surface area contributed by atoms with E-state index in [1.807, 2.05) is 32.0 Å². The van der Waals surface area contributed by atoms with Gasteiger partial charge in [0.2, 0.25) is 0 Å². The lowest BCUT2D eigenvalue weighted by Crippen LogP contribution is -2.54. The average Bonchev–Trinajstić information content (AvgIpc) is 2.31. The minimum Gasteiger partial charge on any atom is -0.480 e. The van der Waals surface area contributed by atoms with E-state index in [0.717, 1.165) is 16.7 Å². The van der Waals surface area contributed by atoms with E-state index in [9.17, 15) is 14.7 Å². The van der Waals surface area contributed by atoms with Crippen LogP contribution in [0.2, 0.25) is 0 Å². The molecule has 0 bridgehead atoms. The fraction of sp³-hybridized carbons (Fsp3) is 0.529. The monoisotopic (exact) mass is 307 g/mol. The first-order valence-electron chi connectivity index (χ1n) is 7.24. The molecule has 1 unspecified atom stereocenters. The second kappa shape index (κ2) is 6.38. The van der Waals surface area contributed by atoms with Crippen molar-refractivity contribution in [3.05, 3.63) is 34.9 Å². The number of hydrogen-bond acceptors (Lipinski definition) is 3. The summed E-state index contributed by atoms with van der Waals surface area (Å²) in [6.07, 6.45) is -0.552. The summed E-state index contributed by atoms with van der Waals surface area (Å²) in [4.78, 5) is 23.5. The number of aryl methyl sites for hydroxylation is 2. The number of ether oxygens (including phenoxy) is 1. The van der Waals surface area contributed by atoms with Gasteiger partial charge in [-0.05, 0) is 58.2 Å². The molecule has 0 saturated heterocycles. The third-order valence-corrected chi connectivity index (χ3v) is 3.38. The molecule has 5 heteroatoms. The molecule has 0 spiro atoms. The van der Waals surface area contributed by atoms with E-state index in [4.69, 9.17) is 4.74 Å². The fourth-order valence-electron chi connectivity index (χ4n) is 2.02. The normalized spacial score (nSPS) is 14.1. The van der Waals surface area contributed by atoms with Crippen molar-refractivity contribution in [3.8, 4) is 0 Å². The molecule has 5 nitrogen and oxygen atoms in total. The van der Waals surface area contributed by atoms with Crippen molar-refractivity contribution in [2.75, 3.05) is 0 Å². The molecule has 0 saturated carbocycles. The van der Waals surface area contributed by atoms with E-state index in [1.165, 1.54) is 6.92 Å². The van der Waals surface area contributed by atoms with Crippen LogP contribution in [0.3, 0.4) is 0 Å². The number of amides is 1. The summed E-state index contributed by atoms with van der Waals surface area (Å²) in [5, 5.41) is 12.0. The van der Waals surface area contributed by atoms with Crippen LogP contribution in [-0.2, 0) is 16.0 Å². The van der Waals surface area contributed by atoms with E-state index in [-0.39, 0.29) is 6.42 Å². The molecule has 0 fully saturated rings. The average molecular weight is 307 g/mol. The Hall–Kier alpha value is -2.04. The lowest BCUT2D eigenvalue weighted by molar-refractivity contribution is -0.144. The number of nitrogens with one attached hydrogen (secondary N) is 1. The molecule has 0 radical (unpaired) electrons. The Kier molecular flexibility index (Phi) is 5.22. The van der Waals surface area contributed by atoms with Crippen molar-refractivity contribution >= 4 is 12.1 Å². The van der Waals surface area contributed by atoms with Crippen molar-refractivity contribution in [3.63, 3.8) is 0 Å². The Morgan fingerprint density at radius 2 is 1.73 bits per heavy atom. The molecule has 1 rings (SSSR count). The van der Waals surface area contributed by atoms with Crippen LogP contribution in [0, 0.1) is 13.8 Å². The summed E-state index contributed by atoms with van der Waals surface area (Å²) in [5.74, 6) is -1.10. The third kappa shape index (κ3) is 5.06. The van der Waals surface area contributed by atoms with Gasteiger partial charge in [0.25, 0.3) is 0 Å². The molecule has 122 valence electrons. The molecule has 0 aromatic heterocycles. The Balaban J connectivity index is 2.93. The van der Waals surface area contributed by atoms with Crippen LogP contribution in [-0.4, -0.2) is 28.3 Å². The number of benzene rings is 1. The molecule has 1 amide bonds. The van der Waals surface area contributed by atoms with Gasteiger partial charge in [0.05, 0.1) is 0 Å². The summed E-state index contributed by atoms with van der Waals surface area (Å²) in [7, 11) is 0. The predicted octanol–water partition coefficient (Wildman–Crippen LogP) is 3.21. The van der Waals surface area contributed by atoms with Crippen LogP contribution in [0.25, 0.3) is 0 Å². The van der Waals surface area contributed by atoms with Gasteiger partial charge in [-0.2, -0.15) is 0 Å². The third-order valence-electron chi connectivity index (χ3n) is 3.38. The van der Waals surface area contributed by atoms with Crippen molar-refractivity contribution in [1.29, 1.82) is 0 Å². The van der Waals surface area contributed by atoms with E-state index >= 15 is 0 Å². The van der Waals surface area contributed by atoms with Gasteiger partial charge in [0, 0.05) is 6.42 Å². The lowest BCUT2D eigenvalue weighted by atomic mass is 9.91. The Morgan fingerprint density at radius 3 is 2.18 bits per heavy atom. The first kappa shape index (κ1) is 18.0. The van der Waals surface area contributed by atoms with Gasteiger partial charge in [0.15, 0.2) is 0 Å². The van der Waals surface area contributed by atoms with Gasteiger partial charge >= 0.3 is 12.1 Å². The zero-order chi connectivity index (χ0) is 17.1. The van der Waals surface area contributed by atoms with Crippen LogP contribution in [0.1, 0.15) is 44.4 Å². The minimum absolute atomic E-state index is 0.183. The Bertz CT molecular complexity index is 575. The summed E-state index contributed by atoms with van der Waals surface area (Å²) in [6, 6.07) is 5.76. The number of carboxylic acids is 1. The molecule has 2 N–H and O–H groups in total. The molecule has 0 aliphatic heterocycles. The molecule has 0 aliphatic carbocycles. The maximum Gasteiger partial charge on any atom is 0.408 e. The molecular formula is C17H25NO4. The Morgan fingerprint density at radius 1 is 1.14 bits per heavy atom. The van der Waals surface area contributed by atoms with Crippen molar-refractivity contribution in [1.82, 2.24) is 5.32 Å². The summed E-state index contributed by atoms with van der Waals surface area (Å²) in [6.45, 7) is 10.6. The van der Waals surface area contributed by atoms with Gasteiger partial charge in [-0.3, -0.25) is 0 Å². The van der Waals surface area contributed by atoms with Crippen molar-refractivity contribution in [2.45, 2.75) is 59.1 Å². The predicted molar refractivity (Wildman–Crippen MR) is 85.0 cm³/mol. The van der Waals surface area contributed by atoms with Crippen LogP contribution >= 0.6 is 0 Å². The number of carbonyl (C=O) groups excluding carboxylic acids is 1. The quantitative estimate of drug-likeness (QED) is 0.895. The molecule has 1 aromatic rings. The fourth-order valence-corrected chi connectivity index (χ4v) is 2.02. The van der Waals surface area contributed by atoms with Crippen molar-refractivity contribution < 1.29 is 19.4 Å². The molecular weight excluding hydrogens is 282 g/mol. The highest BCUT2D eigenvalue weighted by Crippen LogP contribution is 2.18. The SMILES string of the molecule is Cc1ccc(CC(C)(NC(=O)OC(C)(C)C)C(=O)O)cc1C. The number of alkyl carbamates (subject to hydrolysis) is 1. The van der Waals surface area contributed by atoms with E-state index < -0.39 is 23.2 Å². The first-order valence-corrected chi connectivity index (χ1v) is 7.24. The molecule has 0 aliphatic rings. The van der Waals surface area contributed by atoms with Gasteiger partial charge in [-0.1, -0.05) is 18.2 Å². The summed E-state index contributed by atoms with van der Waals surface area (Å²) >= 11 is 0. The zero-order valence-electron chi connectivity index (χ0n) is 14.1. The number of carbonyl (C=O) groups is 2. The van der Waals surface area contributed by atoms with Gasteiger partial charge in [0.1, 0.15) is 11.1 Å². The highest BCUT2D eigenvalue weighted by molar-refractivity contribution is 5.84. The van der Waals surface area contributed by atoms with Crippen LogP contribution in [0.5, 0.6) is 0 Å². The number of carboxylic acid groups (broad SMARTS) is 1. The van der Waals surface area contributed by atoms with Crippen LogP contribution < -0.4 is 5.32 Å². The molecule has 22 heavy (non-hydrogen) atoms. The highest BCUT2D eigenvalue weighted by atomic mass is 16.6. The zero-order valence-corrected chi connectivity index (χ0v) is 14.1.